The molecule has 0 bridgehead atoms. The van der Waals surface area contributed by atoms with Crippen molar-refractivity contribution in [3.05, 3.63) is 35.9 Å². The maximum absolute atomic E-state index is 12.1. The summed E-state index contributed by atoms with van der Waals surface area (Å²) in [4.78, 5) is 0. The van der Waals surface area contributed by atoms with Crippen molar-refractivity contribution in [1.82, 2.24) is 0 Å². The largest absolute Gasteiger partial charge is 0.302 e. The first-order chi connectivity index (χ1) is 7.08. The van der Waals surface area contributed by atoms with Crippen LogP contribution in [0.2, 0.25) is 0 Å². The monoisotopic (exact) mass is 230 g/mol. The van der Waals surface area contributed by atoms with Gasteiger partial charge in [0.2, 0.25) is 0 Å². The lowest BCUT2D eigenvalue weighted by Gasteiger charge is -2.00. The summed E-state index contributed by atoms with van der Waals surface area (Å²) >= 11 is 0. The Morgan fingerprint density at radius 3 is 2.27 bits per heavy atom. The van der Waals surface area contributed by atoms with Crippen LogP contribution in [0.4, 0.5) is 3.89 Å². The Kier molecular flexibility index (Phi) is 4.75. The molecular weight excluding hydrogens is 215 g/mol. The van der Waals surface area contributed by atoms with Gasteiger partial charge in [-0.25, -0.2) is 0 Å². The number of aryl methyl sites for hydroxylation is 1. The second-order valence-corrected chi connectivity index (χ2v) is 5.03. The van der Waals surface area contributed by atoms with Gasteiger partial charge in [0.05, 0.1) is 5.75 Å². The molecule has 0 amide bonds. The molecule has 1 aromatic rings. The lowest BCUT2D eigenvalue weighted by Crippen LogP contribution is -1.98. The van der Waals surface area contributed by atoms with E-state index in [1.807, 2.05) is 30.3 Å². The predicted molar refractivity (Wildman–Crippen MR) is 58.9 cm³/mol. The number of halogens is 1. The maximum Gasteiger partial charge on any atom is 0.302 e. The lowest BCUT2D eigenvalue weighted by molar-refractivity contribution is 0.546. The molecule has 84 valence electrons. The van der Waals surface area contributed by atoms with Gasteiger partial charge < -0.3 is 0 Å². The van der Waals surface area contributed by atoms with Crippen LogP contribution in [0.1, 0.15) is 24.8 Å². The van der Waals surface area contributed by atoms with E-state index in [0.717, 1.165) is 19.3 Å². The van der Waals surface area contributed by atoms with Gasteiger partial charge in [-0.05, 0) is 24.8 Å². The van der Waals surface area contributed by atoms with Crippen molar-refractivity contribution < 1.29 is 12.3 Å². The highest BCUT2D eigenvalue weighted by Crippen LogP contribution is 2.07. The van der Waals surface area contributed by atoms with Gasteiger partial charge >= 0.3 is 10.2 Å². The zero-order valence-electron chi connectivity index (χ0n) is 8.52. The molecule has 0 radical (unpaired) electrons. The van der Waals surface area contributed by atoms with Gasteiger partial charge in [-0.15, -0.1) is 3.89 Å². The number of unbranched alkanes of at least 4 members (excludes halogenated alkanes) is 2. The van der Waals surface area contributed by atoms with E-state index >= 15 is 0 Å². The van der Waals surface area contributed by atoms with Gasteiger partial charge in [0.15, 0.2) is 0 Å². The molecule has 0 N–H and O–H groups in total. The van der Waals surface area contributed by atoms with Crippen molar-refractivity contribution in [3.63, 3.8) is 0 Å². The van der Waals surface area contributed by atoms with Crippen LogP contribution < -0.4 is 0 Å². The van der Waals surface area contributed by atoms with Crippen molar-refractivity contribution in [2.75, 3.05) is 5.75 Å². The van der Waals surface area contributed by atoms with Crippen molar-refractivity contribution in [2.24, 2.45) is 0 Å². The SMILES string of the molecule is O=S(=O)(F)CCCCCc1ccccc1. The molecule has 15 heavy (non-hydrogen) atoms. The Bertz CT molecular complexity index is 373. The van der Waals surface area contributed by atoms with E-state index in [0.29, 0.717) is 6.42 Å². The molecule has 0 spiro atoms. The quantitative estimate of drug-likeness (QED) is 0.556. The van der Waals surface area contributed by atoms with Crippen LogP contribution in [-0.4, -0.2) is 14.2 Å². The molecule has 0 heterocycles. The van der Waals surface area contributed by atoms with E-state index < -0.39 is 10.2 Å². The van der Waals surface area contributed by atoms with E-state index in [2.05, 4.69) is 0 Å². The Balaban J connectivity index is 2.13. The minimum Gasteiger partial charge on any atom is -0.195 e. The molecule has 0 saturated heterocycles. The maximum atomic E-state index is 12.1. The fourth-order valence-electron chi connectivity index (χ4n) is 1.43. The Morgan fingerprint density at radius 2 is 1.67 bits per heavy atom. The number of rotatable bonds is 6. The minimum absolute atomic E-state index is 0.345. The number of hydrogen-bond acceptors (Lipinski definition) is 2. The van der Waals surface area contributed by atoms with Crippen molar-refractivity contribution >= 4 is 10.2 Å². The summed E-state index contributed by atoms with van der Waals surface area (Å²) in [6.07, 6.45) is 2.98. The van der Waals surface area contributed by atoms with Crippen molar-refractivity contribution in [3.8, 4) is 0 Å². The van der Waals surface area contributed by atoms with Crippen LogP contribution in [-0.2, 0) is 16.6 Å². The number of hydrogen-bond donors (Lipinski definition) is 0. The van der Waals surface area contributed by atoms with Gasteiger partial charge in [-0.1, -0.05) is 36.8 Å². The highest BCUT2D eigenvalue weighted by molar-refractivity contribution is 7.86. The zero-order chi connectivity index (χ0) is 11.1. The van der Waals surface area contributed by atoms with Gasteiger partial charge in [-0.3, -0.25) is 0 Å². The van der Waals surface area contributed by atoms with E-state index in [-0.39, 0.29) is 5.75 Å². The highest BCUT2D eigenvalue weighted by Gasteiger charge is 2.05. The van der Waals surface area contributed by atoms with Crippen molar-refractivity contribution in [1.29, 1.82) is 0 Å². The summed E-state index contributed by atoms with van der Waals surface area (Å²) in [5.74, 6) is -0.345. The first-order valence-electron chi connectivity index (χ1n) is 5.04. The first-order valence-corrected chi connectivity index (χ1v) is 6.59. The molecule has 0 fully saturated rings. The van der Waals surface area contributed by atoms with Crippen LogP contribution in [0.3, 0.4) is 0 Å². The zero-order valence-corrected chi connectivity index (χ0v) is 9.34. The van der Waals surface area contributed by atoms with E-state index in [1.54, 1.807) is 0 Å². The van der Waals surface area contributed by atoms with Crippen molar-refractivity contribution in [2.45, 2.75) is 25.7 Å². The third-order valence-corrected chi connectivity index (χ3v) is 2.97. The molecule has 0 aliphatic rings. The average molecular weight is 230 g/mol. The second-order valence-electron chi connectivity index (χ2n) is 3.54. The summed E-state index contributed by atoms with van der Waals surface area (Å²) in [6.45, 7) is 0. The molecule has 1 rings (SSSR count). The minimum atomic E-state index is -4.27. The van der Waals surface area contributed by atoms with Gasteiger partial charge in [0.25, 0.3) is 0 Å². The van der Waals surface area contributed by atoms with Crippen LogP contribution >= 0.6 is 0 Å². The van der Waals surface area contributed by atoms with Crippen LogP contribution in [0.15, 0.2) is 30.3 Å². The topological polar surface area (TPSA) is 34.1 Å². The molecule has 0 unspecified atom stereocenters. The smallest absolute Gasteiger partial charge is 0.195 e. The average Bonchev–Trinajstić information content (AvgIpc) is 2.17. The summed E-state index contributed by atoms with van der Waals surface area (Å²) in [5, 5.41) is 0. The molecular formula is C11H15FO2S. The highest BCUT2D eigenvalue weighted by atomic mass is 32.3. The number of benzene rings is 1. The van der Waals surface area contributed by atoms with Crippen LogP contribution in [0.5, 0.6) is 0 Å². The van der Waals surface area contributed by atoms with E-state index in [1.165, 1.54) is 5.56 Å². The van der Waals surface area contributed by atoms with Crippen LogP contribution in [0.25, 0.3) is 0 Å². The van der Waals surface area contributed by atoms with E-state index in [4.69, 9.17) is 0 Å². The normalized spacial score (nSPS) is 11.5. The fourth-order valence-corrected chi connectivity index (χ4v) is 1.97. The fraction of sp³-hybridized carbons (Fsp3) is 0.455. The molecule has 2 nitrogen and oxygen atoms in total. The Labute approximate surface area is 90.3 Å². The summed E-state index contributed by atoms with van der Waals surface area (Å²) in [7, 11) is -4.27. The molecule has 1 aromatic carbocycles. The molecule has 4 heteroatoms. The summed E-state index contributed by atoms with van der Waals surface area (Å²) < 4.78 is 32.5. The second kappa shape index (κ2) is 5.85. The Morgan fingerprint density at radius 1 is 1.00 bits per heavy atom. The molecule has 0 aliphatic heterocycles. The standard InChI is InChI=1S/C11H15FO2S/c12-15(13,14)10-6-2-5-9-11-7-3-1-4-8-11/h1,3-4,7-8H,2,5-6,9-10H2. The summed E-state index contributed by atoms with van der Waals surface area (Å²) in [5.41, 5.74) is 1.24. The molecule has 0 atom stereocenters. The van der Waals surface area contributed by atoms with Gasteiger partial charge in [0.1, 0.15) is 0 Å². The first kappa shape index (κ1) is 12.2. The van der Waals surface area contributed by atoms with Gasteiger partial charge in [0, 0.05) is 0 Å². The summed E-state index contributed by atoms with van der Waals surface area (Å²) in [6, 6.07) is 9.97. The predicted octanol–water partition coefficient (Wildman–Crippen LogP) is 2.70. The lowest BCUT2D eigenvalue weighted by atomic mass is 10.1. The third-order valence-electron chi connectivity index (χ3n) is 2.20. The van der Waals surface area contributed by atoms with Crippen LogP contribution in [0, 0.1) is 0 Å². The molecule has 0 aliphatic carbocycles. The third kappa shape index (κ3) is 6.23. The molecule has 0 aromatic heterocycles. The molecule has 0 saturated carbocycles. The van der Waals surface area contributed by atoms with Gasteiger partial charge in [-0.2, -0.15) is 8.42 Å². The Hall–Kier alpha value is -0.900. The van der Waals surface area contributed by atoms with E-state index in [9.17, 15) is 12.3 Å².